The van der Waals surface area contributed by atoms with Crippen LogP contribution in [0.15, 0.2) is 42.6 Å². The maximum atomic E-state index is 13.5. The number of rotatable bonds is 7. The molecule has 0 radical (unpaired) electrons. The topological polar surface area (TPSA) is 75.0 Å². The zero-order valence-electron chi connectivity index (χ0n) is 19.1. The van der Waals surface area contributed by atoms with Gasteiger partial charge in [-0.1, -0.05) is 12.1 Å². The molecule has 2 heterocycles. The zero-order valence-corrected chi connectivity index (χ0v) is 19.1. The number of halogens is 4. The van der Waals surface area contributed by atoms with Gasteiger partial charge in [-0.05, 0) is 42.2 Å². The van der Waals surface area contributed by atoms with Crippen LogP contribution in [0, 0.1) is 11.7 Å². The molecule has 1 N–H and O–H groups in total. The van der Waals surface area contributed by atoms with Crippen molar-refractivity contribution >= 4 is 11.9 Å². The fourth-order valence-corrected chi connectivity index (χ4v) is 3.50. The Bertz CT molecular complexity index is 946. The Labute approximate surface area is 195 Å². The minimum atomic E-state index is -5.08. The Hall–Kier alpha value is -2.92. The average molecular weight is 487 g/mol. The van der Waals surface area contributed by atoms with Crippen molar-refractivity contribution in [1.82, 2.24) is 14.4 Å². The summed E-state index contributed by atoms with van der Waals surface area (Å²) < 4.78 is 53.1. The van der Waals surface area contributed by atoms with Gasteiger partial charge >= 0.3 is 12.1 Å². The molecule has 7 nitrogen and oxygen atoms in total. The Morgan fingerprint density at radius 1 is 1.18 bits per heavy atom. The summed E-state index contributed by atoms with van der Waals surface area (Å²) >= 11 is 0. The van der Waals surface area contributed by atoms with Gasteiger partial charge in [0.15, 0.2) is 0 Å². The fraction of sp³-hybridized carbons (Fsp3) is 0.478. The van der Waals surface area contributed by atoms with E-state index >= 15 is 0 Å². The number of likely N-dealkylation sites (N-methyl/N-ethyl adjacent to an activating group) is 1. The molecule has 0 saturated heterocycles. The first-order chi connectivity index (χ1) is 16.0. The number of nitrogens with zero attached hydrogens (tertiary/aromatic N) is 3. The van der Waals surface area contributed by atoms with Crippen LogP contribution < -0.4 is 0 Å². The number of carboxylic acid groups (broad SMARTS) is 1. The van der Waals surface area contributed by atoms with Crippen molar-refractivity contribution in [1.29, 1.82) is 0 Å². The molecule has 0 saturated carbocycles. The standard InChI is InChI=1S/C21H28FN3O2.C2HF3O2/c1-23(2)21(26)16-27-10-8-18-13-24(12-17-5-3-6-19(22)11-17)15-20-7-4-9-25(20)14-18;3-2(4,5)1(6)7/h3-7,9,11,18H,8,10,12-16H2,1-2H3;(H,6,7). The second kappa shape index (κ2) is 12.5. The second-order valence-electron chi connectivity index (χ2n) is 8.25. The molecule has 1 amide bonds. The molecule has 1 atom stereocenters. The third-order valence-corrected chi connectivity index (χ3v) is 5.21. The van der Waals surface area contributed by atoms with Crippen LogP contribution in [-0.4, -0.2) is 71.4 Å². The predicted octanol–water partition coefficient (Wildman–Crippen LogP) is 3.39. The molecule has 3 rings (SSSR count). The SMILES string of the molecule is CN(C)C(=O)COCCC1CN(Cc2cccc(F)c2)Cc2cccn2C1.O=C(O)C(F)(F)F. The van der Waals surface area contributed by atoms with Crippen molar-refractivity contribution in [3.63, 3.8) is 0 Å². The van der Waals surface area contributed by atoms with Gasteiger partial charge in [-0.2, -0.15) is 13.2 Å². The van der Waals surface area contributed by atoms with E-state index in [0.29, 0.717) is 12.5 Å². The minimum Gasteiger partial charge on any atom is -0.475 e. The van der Waals surface area contributed by atoms with Gasteiger partial charge < -0.3 is 19.3 Å². The highest BCUT2D eigenvalue weighted by Crippen LogP contribution is 2.21. The first-order valence-electron chi connectivity index (χ1n) is 10.6. The number of amides is 1. The van der Waals surface area contributed by atoms with Gasteiger partial charge in [-0.3, -0.25) is 9.69 Å². The molecule has 0 aliphatic carbocycles. The molecule has 1 aliphatic rings. The minimum absolute atomic E-state index is 0.0173. The molecule has 1 aromatic carbocycles. The average Bonchev–Trinajstić information content (AvgIpc) is 3.10. The van der Waals surface area contributed by atoms with Gasteiger partial charge in [0.25, 0.3) is 0 Å². The summed E-state index contributed by atoms with van der Waals surface area (Å²) in [4.78, 5) is 24.4. The van der Waals surface area contributed by atoms with Crippen molar-refractivity contribution in [2.45, 2.75) is 32.2 Å². The first kappa shape index (κ1) is 27.3. The number of aromatic nitrogens is 1. The molecule has 0 bridgehead atoms. The van der Waals surface area contributed by atoms with E-state index in [-0.39, 0.29) is 18.3 Å². The summed E-state index contributed by atoms with van der Waals surface area (Å²) in [6, 6.07) is 11.0. The summed E-state index contributed by atoms with van der Waals surface area (Å²) in [6.07, 6.45) is -2.08. The largest absolute Gasteiger partial charge is 0.490 e. The van der Waals surface area contributed by atoms with Crippen molar-refractivity contribution < 1.29 is 37.0 Å². The number of carbonyl (C=O) groups excluding carboxylic acids is 1. The first-order valence-corrected chi connectivity index (χ1v) is 10.6. The van der Waals surface area contributed by atoms with E-state index < -0.39 is 12.1 Å². The van der Waals surface area contributed by atoms with Crippen LogP contribution in [0.1, 0.15) is 17.7 Å². The highest BCUT2D eigenvalue weighted by Gasteiger charge is 2.38. The van der Waals surface area contributed by atoms with E-state index in [2.05, 4.69) is 27.8 Å². The number of hydrogen-bond donors (Lipinski definition) is 1. The van der Waals surface area contributed by atoms with E-state index in [1.54, 1.807) is 31.1 Å². The Balaban J connectivity index is 0.000000509. The molecule has 1 unspecified atom stereocenters. The molecular formula is C23H29F4N3O4. The quantitative estimate of drug-likeness (QED) is 0.479. The number of fused-ring (bicyclic) bond motifs is 1. The summed E-state index contributed by atoms with van der Waals surface area (Å²) in [5.74, 6) is -2.55. The van der Waals surface area contributed by atoms with E-state index in [9.17, 15) is 22.4 Å². The summed E-state index contributed by atoms with van der Waals surface area (Å²) in [6.45, 7) is 4.12. The lowest BCUT2D eigenvalue weighted by molar-refractivity contribution is -0.192. The number of carbonyl (C=O) groups is 2. The van der Waals surface area contributed by atoms with Crippen LogP contribution in [-0.2, 0) is 34.0 Å². The Morgan fingerprint density at radius 3 is 2.50 bits per heavy atom. The van der Waals surface area contributed by atoms with Gasteiger partial charge in [0.2, 0.25) is 5.91 Å². The predicted molar refractivity (Wildman–Crippen MR) is 116 cm³/mol. The fourth-order valence-electron chi connectivity index (χ4n) is 3.50. The normalized spacial score (nSPS) is 16.1. The Kier molecular flexibility index (Phi) is 10.1. The second-order valence-corrected chi connectivity index (χ2v) is 8.25. The van der Waals surface area contributed by atoms with Gasteiger partial charge in [-0.25, -0.2) is 9.18 Å². The van der Waals surface area contributed by atoms with Crippen LogP contribution in [0.2, 0.25) is 0 Å². The monoisotopic (exact) mass is 487 g/mol. The van der Waals surface area contributed by atoms with Crippen molar-refractivity contribution in [3.05, 3.63) is 59.7 Å². The van der Waals surface area contributed by atoms with Crippen molar-refractivity contribution in [2.75, 3.05) is 33.9 Å². The number of ether oxygens (including phenoxy) is 1. The van der Waals surface area contributed by atoms with Crippen molar-refractivity contribution in [3.8, 4) is 0 Å². The van der Waals surface area contributed by atoms with Gasteiger partial charge in [0, 0.05) is 58.8 Å². The van der Waals surface area contributed by atoms with Crippen LogP contribution in [0.5, 0.6) is 0 Å². The van der Waals surface area contributed by atoms with Crippen LogP contribution in [0.25, 0.3) is 0 Å². The van der Waals surface area contributed by atoms with Crippen LogP contribution in [0.4, 0.5) is 17.6 Å². The number of carboxylic acids is 1. The molecule has 34 heavy (non-hydrogen) atoms. The number of hydrogen-bond acceptors (Lipinski definition) is 4. The molecule has 11 heteroatoms. The maximum absolute atomic E-state index is 13.5. The van der Waals surface area contributed by atoms with Gasteiger partial charge in [0.1, 0.15) is 12.4 Å². The highest BCUT2D eigenvalue weighted by molar-refractivity contribution is 5.76. The van der Waals surface area contributed by atoms with E-state index in [4.69, 9.17) is 14.6 Å². The van der Waals surface area contributed by atoms with E-state index in [1.165, 1.54) is 11.8 Å². The summed E-state index contributed by atoms with van der Waals surface area (Å²) in [5, 5.41) is 7.12. The van der Waals surface area contributed by atoms with E-state index in [0.717, 1.165) is 38.2 Å². The lowest BCUT2D eigenvalue weighted by Gasteiger charge is -2.24. The molecule has 1 aliphatic heterocycles. The number of alkyl halides is 3. The lowest BCUT2D eigenvalue weighted by atomic mass is 10.1. The van der Waals surface area contributed by atoms with Crippen LogP contribution >= 0.6 is 0 Å². The molecule has 1 aromatic heterocycles. The molecule has 2 aromatic rings. The molecular weight excluding hydrogens is 458 g/mol. The van der Waals surface area contributed by atoms with E-state index in [1.807, 2.05) is 6.07 Å². The number of benzene rings is 1. The molecule has 0 fully saturated rings. The van der Waals surface area contributed by atoms with Crippen LogP contribution in [0.3, 0.4) is 0 Å². The smallest absolute Gasteiger partial charge is 0.475 e. The molecule has 0 spiro atoms. The summed E-state index contributed by atoms with van der Waals surface area (Å²) in [5.41, 5.74) is 2.26. The molecule has 188 valence electrons. The third kappa shape index (κ3) is 9.14. The van der Waals surface area contributed by atoms with Crippen molar-refractivity contribution in [2.24, 2.45) is 5.92 Å². The number of aliphatic carboxylic acids is 1. The Morgan fingerprint density at radius 2 is 1.88 bits per heavy atom. The third-order valence-electron chi connectivity index (χ3n) is 5.21. The lowest BCUT2D eigenvalue weighted by Crippen LogP contribution is -2.29. The highest BCUT2D eigenvalue weighted by atomic mass is 19.4. The van der Waals surface area contributed by atoms with Gasteiger partial charge in [0.05, 0.1) is 0 Å². The maximum Gasteiger partial charge on any atom is 0.490 e. The van der Waals surface area contributed by atoms with Gasteiger partial charge in [-0.15, -0.1) is 0 Å². The zero-order chi connectivity index (χ0) is 25.3. The summed E-state index contributed by atoms with van der Waals surface area (Å²) in [7, 11) is 3.46.